The first-order chi connectivity index (χ1) is 9.39. The van der Waals surface area contributed by atoms with Crippen molar-refractivity contribution >= 4 is 0 Å². The fourth-order valence-corrected chi connectivity index (χ4v) is 4.98. The molecule has 4 rings (SSSR count). The van der Waals surface area contributed by atoms with Crippen molar-refractivity contribution in [3.05, 3.63) is 34.9 Å². The third kappa shape index (κ3) is 1.86. The van der Waals surface area contributed by atoms with Crippen LogP contribution in [-0.4, -0.2) is 6.54 Å². The molecular formula is C18H25N. The molecule has 0 radical (unpaired) electrons. The number of fused-ring (bicyclic) bond motifs is 1. The predicted molar refractivity (Wildman–Crippen MR) is 79.5 cm³/mol. The van der Waals surface area contributed by atoms with Gasteiger partial charge in [-0.25, -0.2) is 0 Å². The molecule has 1 heteroatoms. The van der Waals surface area contributed by atoms with Crippen molar-refractivity contribution in [1.29, 1.82) is 0 Å². The van der Waals surface area contributed by atoms with Crippen LogP contribution in [0.15, 0.2) is 18.2 Å². The molecule has 1 aromatic rings. The van der Waals surface area contributed by atoms with Crippen molar-refractivity contribution < 1.29 is 0 Å². The minimum absolute atomic E-state index is 0.560. The zero-order valence-electron chi connectivity index (χ0n) is 11.9. The summed E-state index contributed by atoms with van der Waals surface area (Å²) in [5.74, 6) is 0.841. The molecule has 102 valence electrons. The summed E-state index contributed by atoms with van der Waals surface area (Å²) in [6, 6.07) is 7.16. The van der Waals surface area contributed by atoms with Gasteiger partial charge in [-0.15, -0.1) is 0 Å². The van der Waals surface area contributed by atoms with Crippen LogP contribution in [0.3, 0.4) is 0 Å². The van der Waals surface area contributed by atoms with Crippen LogP contribution in [0, 0.1) is 0 Å². The van der Waals surface area contributed by atoms with Gasteiger partial charge in [0.25, 0.3) is 0 Å². The van der Waals surface area contributed by atoms with E-state index in [9.17, 15) is 0 Å². The Labute approximate surface area is 116 Å². The van der Waals surface area contributed by atoms with E-state index in [0.717, 1.165) is 12.5 Å². The second-order valence-electron chi connectivity index (χ2n) is 6.92. The topological polar surface area (TPSA) is 12.0 Å². The first kappa shape index (κ1) is 12.0. The molecule has 0 amide bonds. The van der Waals surface area contributed by atoms with Crippen molar-refractivity contribution in [2.45, 2.75) is 69.2 Å². The predicted octanol–water partition coefficient (Wildman–Crippen LogP) is 4.26. The Bertz CT molecular complexity index is 471. The van der Waals surface area contributed by atoms with E-state index in [1.54, 1.807) is 16.7 Å². The molecule has 3 aliphatic rings. The molecule has 1 aliphatic heterocycles. The fourth-order valence-electron chi connectivity index (χ4n) is 4.98. The highest BCUT2D eigenvalue weighted by molar-refractivity contribution is 5.45. The van der Waals surface area contributed by atoms with Crippen molar-refractivity contribution in [2.75, 3.05) is 6.54 Å². The van der Waals surface area contributed by atoms with Gasteiger partial charge in [0.05, 0.1) is 0 Å². The Morgan fingerprint density at radius 1 is 1.00 bits per heavy atom. The Kier molecular flexibility index (Phi) is 2.91. The lowest BCUT2D eigenvalue weighted by atomic mass is 9.59. The van der Waals surface area contributed by atoms with Crippen LogP contribution < -0.4 is 5.32 Å². The second kappa shape index (κ2) is 4.63. The fraction of sp³-hybridized carbons (Fsp3) is 0.667. The van der Waals surface area contributed by atoms with Gasteiger partial charge in [-0.2, -0.15) is 0 Å². The van der Waals surface area contributed by atoms with Gasteiger partial charge in [0.1, 0.15) is 0 Å². The lowest BCUT2D eigenvalue weighted by Crippen LogP contribution is -2.35. The molecule has 1 saturated carbocycles. The molecule has 1 N–H and O–H groups in total. The minimum Gasteiger partial charge on any atom is -0.313 e. The van der Waals surface area contributed by atoms with Crippen LogP contribution in [0.1, 0.15) is 74.0 Å². The maximum Gasteiger partial charge on any atom is 0.0208 e. The molecule has 0 saturated heterocycles. The molecule has 1 aromatic carbocycles. The molecule has 19 heavy (non-hydrogen) atoms. The van der Waals surface area contributed by atoms with Gasteiger partial charge < -0.3 is 5.32 Å². The van der Waals surface area contributed by atoms with Crippen LogP contribution in [0.2, 0.25) is 0 Å². The van der Waals surface area contributed by atoms with Gasteiger partial charge in [0.15, 0.2) is 0 Å². The first-order valence-electron chi connectivity index (χ1n) is 8.22. The van der Waals surface area contributed by atoms with Gasteiger partial charge in [-0.1, -0.05) is 37.5 Å². The molecule has 1 unspecified atom stereocenters. The molecular weight excluding hydrogens is 230 g/mol. The van der Waals surface area contributed by atoms with Gasteiger partial charge >= 0.3 is 0 Å². The van der Waals surface area contributed by atoms with Crippen molar-refractivity contribution in [1.82, 2.24) is 5.32 Å². The van der Waals surface area contributed by atoms with Gasteiger partial charge in [0, 0.05) is 6.54 Å². The highest BCUT2D eigenvalue weighted by atomic mass is 14.9. The number of benzene rings is 1. The number of rotatable bonds is 0. The zero-order chi connectivity index (χ0) is 12.7. The van der Waals surface area contributed by atoms with Crippen molar-refractivity contribution in [3.8, 4) is 0 Å². The van der Waals surface area contributed by atoms with Crippen LogP contribution >= 0.6 is 0 Å². The van der Waals surface area contributed by atoms with Crippen LogP contribution in [0.4, 0.5) is 0 Å². The Morgan fingerprint density at radius 2 is 1.89 bits per heavy atom. The summed E-state index contributed by atoms with van der Waals surface area (Å²) in [6.07, 6.45) is 11.5. The lowest BCUT2D eigenvalue weighted by Gasteiger charge is -2.45. The summed E-state index contributed by atoms with van der Waals surface area (Å²) in [7, 11) is 0. The van der Waals surface area contributed by atoms with E-state index in [-0.39, 0.29) is 0 Å². The summed E-state index contributed by atoms with van der Waals surface area (Å²) in [5, 5.41) is 3.61. The summed E-state index contributed by atoms with van der Waals surface area (Å²) >= 11 is 0. The van der Waals surface area contributed by atoms with Crippen molar-refractivity contribution in [3.63, 3.8) is 0 Å². The summed E-state index contributed by atoms with van der Waals surface area (Å²) in [6.45, 7) is 2.29. The molecule has 0 bridgehead atoms. The lowest BCUT2D eigenvalue weighted by molar-refractivity contribution is 0.241. The van der Waals surface area contributed by atoms with E-state index in [0.29, 0.717) is 5.41 Å². The van der Waals surface area contributed by atoms with Gasteiger partial charge in [0.2, 0.25) is 0 Å². The quantitative estimate of drug-likeness (QED) is 0.730. The van der Waals surface area contributed by atoms with E-state index >= 15 is 0 Å². The normalized spacial score (nSPS) is 28.7. The summed E-state index contributed by atoms with van der Waals surface area (Å²) in [5.41, 5.74) is 5.68. The van der Waals surface area contributed by atoms with E-state index in [1.165, 1.54) is 57.9 Å². The Hall–Kier alpha value is -0.820. The largest absolute Gasteiger partial charge is 0.313 e. The first-order valence-corrected chi connectivity index (χ1v) is 8.22. The molecule has 2 aliphatic carbocycles. The SMILES string of the molecule is c1cc2c3c(c1)C1(CCCCC1)CCC3CCNC2. The molecule has 1 nitrogen and oxygen atoms in total. The Balaban J connectivity index is 1.85. The summed E-state index contributed by atoms with van der Waals surface area (Å²) in [4.78, 5) is 0. The molecule has 0 aromatic heterocycles. The van der Waals surface area contributed by atoms with E-state index in [1.807, 2.05) is 0 Å². The standard InChI is InChI=1S/C18H25N/c1-2-9-18(10-3-1)11-7-14-8-12-19-13-15-5-4-6-16(18)17(14)15/h4-6,14,19H,1-3,7-13H2. The van der Waals surface area contributed by atoms with Crippen molar-refractivity contribution in [2.24, 2.45) is 0 Å². The maximum absolute atomic E-state index is 3.61. The molecule has 1 fully saturated rings. The number of hydrogen-bond donors (Lipinski definition) is 1. The van der Waals surface area contributed by atoms with E-state index in [4.69, 9.17) is 0 Å². The van der Waals surface area contributed by atoms with Gasteiger partial charge in [-0.3, -0.25) is 0 Å². The third-order valence-electron chi connectivity index (χ3n) is 5.94. The van der Waals surface area contributed by atoms with Crippen LogP contribution in [0.5, 0.6) is 0 Å². The number of nitrogens with one attached hydrogen (secondary N) is 1. The van der Waals surface area contributed by atoms with E-state index in [2.05, 4.69) is 23.5 Å². The van der Waals surface area contributed by atoms with E-state index < -0.39 is 0 Å². The average molecular weight is 255 g/mol. The molecule has 1 heterocycles. The molecule has 1 spiro atoms. The second-order valence-corrected chi connectivity index (χ2v) is 6.92. The van der Waals surface area contributed by atoms with Crippen LogP contribution in [0.25, 0.3) is 0 Å². The molecule has 1 atom stereocenters. The number of hydrogen-bond acceptors (Lipinski definition) is 1. The highest BCUT2D eigenvalue weighted by Crippen LogP contribution is 2.52. The zero-order valence-corrected chi connectivity index (χ0v) is 11.9. The smallest absolute Gasteiger partial charge is 0.0208 e. The van der Waals surface area contributed by atoms with Gasteiger partial charge in [-0.05, 0) is 66.7 Å². The summed E-state index contributed by atoms with van der Waals surface area (Å²) < 4.78 is 0. The highest BCUT2D eigenvalue weighted by Gasteiger charge is 2.41. The monoisotopic (exact) mass is 255 g/mol. The maximum atomic E-state index is 3.61. The third-order valence-corrected chi connectivity index (χ3v) is 5.94. The van der Waals surface area contributed by atoms with Crippen LogP contribution in [-0.2, 0) is 12.0 Å². The minimum atomic E-state index is 0.560. The average Bonchev–Trinajstić information content (AvgIpc) is 2.68. The Morgan fingerprint density at radius 3 is 2.79 bits per heavy atom.